The van der Waals surface area contributed by atoms with Crippen LogP contribution in [0.5, 0.6) is 0 Å². The molecule has 0 aliphatic rings. The standard InChI is InChI=1S/C20H25NOS/c1-15-8-9-18(12-17(15)3)13-20(22)21-10-11-23-14-19-7-5-4-6-16(19)2/h4-9,12H,10-11,13-14H2,1-3H3,(H,21,22). The number of carbonyl (C=O) groups excluding carboxylic acids is 1. The predicted octanol–water partition coefficient (Wildman–Crippen LogP) is 4.20. The summed E-state index contributed by atoms with van der Waals surface area (Å²) in [5.74, 6) is 2.04. The minimum atomic E-state index is 0.102. The molecule has 0 atom stereocenters. The summed E-state index contributed by atoms with van der Waals surface area (Å²) in [5, 5.41) is 3.01. The fourth-order valence-corrected chi connectivity index (χ4v) is 3.31. The van der Waals surface area contributed by atoms with Gasteiger partial charge in [0.05, 0.1) is 6.42 Å². The van der Waals surface area contributed by atoms with Crippen LogP contribution in [-0.4, -0.2) is 18.2 Å². The molecule has 0 radical (unpaired) electrons. The van der Waals surface area contributed by atoms with E-state index in [4.69, 9.17) is 0 Å². The first-order chi connectivity index (χ1) is 11.1. The van der Waals surface area contributed by atoms with Gasteiger partial charge in [-0.1, -0.05) is 42.5 Å². The Kier molecular flexibility index (Phi) is 6.72. The fourth-order valence-electron chi connectivity index (χ4n) is 2.38. The molecule has 2 nitrogen and oxygen atoms in total. The highest BCUT2D eigenvalue weighted by atomic mass is 32.2. The van der Waals surface area contributed by atoms with Gasteiger partial charge in [-0.3, -0.25) is 4.79 Å². The molecule has 0 spiro atoms. The first-order valence-electron chi connectivity index (χ1n) is 8.01. The van der Waals surface area contributed by atoms with Crippen molar-refractivity contribution in [1.29, 1.82) is 0 Å². The van der Waals surface area contributed by atoms with Gasteiger partial charge in [-0.15, -0.1) is 0 Å². The Morgan fingerprint density at radius 1 is 1.00 bits per heavy atom. The van der Waals surface area contributed by atoms with Crippen LogP contribution in [0.25, 0.3) is 0 Å². The van der Waals surface area contributed by atoms with Crippen LogP contribution in [0.4, 0.5) is 0 Å². The molecule has 0 aromatic heterocycles. The summed E-state index contributed by atoms with van der Waals surface area (Å²) in [5.41, 5.74) is 6.29. The van der Waals surface area contributed by atoms with E-state index >= 15 is 0 Å². The highest BCUT2D eigenvalue weighted by Gasteiger charge is 2.04. The molecule has 0 aliphatic heterocycles. The summed E-state index contributed by atoms with van der Waals surface area (Å²) in [6, 6.07) is 14.7. The Balaban J connectivity index is 1.67. The zero-order valence-electron chi connectivity index (χ0n) is 14.2. The van der Waals surface area contributed by atoms with Crippen LogP contribution in [0, 0.1) is 20.8 Å². The van der Waals surface area contributed by atoms with Gasteiger partial charge < -0.3 is 5.32 Å². The monoisotopic (exact) mass is 327 g/mol. The number of amides is 1. The number of hydrogen-bond acceptors (Lipinski definition) is 2. The van der Waals surface area contributed by atoms with E-state index in [1.807, 2.05) is 17.8 Å². The lowest BCUT2D eigenvalue weighted by molar-refractivity contribution is -0.120. The summed E-state index contributed by atoms with van der Waals surface area (Å²) in [7, 11) is 0. The zero-order chi connectivity index (χ0) is 16.7. The van der Waals surface area contributed by atoms with Gasteiger partial charge >= 0.3 is 0 Å². The van der Waals surface area contributed by atoms with Crippen molar-refractivity contribution in [3.63, 3.8) is 0 Å². The number of hydrogen-bond donors (Lipinski definition) is 1. The SMILES string of the molecule is Cc1ccc(CC(=O)NCCSCc2ccccc2C)cc1C. The third-order valence-corrected chi connectivity index (χ3v) is 5.03. The lowest BCUT2D eigenvalue weighted by Crippen LogP contribution is -2.27. The van der Waals surface area contributed by atoms with Crippen LogP contribution in [0.1, 0.15) is 27.8 Å². The van der Waals surface area contributed by atoms with Gasteiger partial charge in [-0.05, 0) is 48.6 Å². The van der Waals surface area contributed by atoms with Crippen LogP contribution in [0.3, 0.4) is 0 Å². The highest BCUT2D eigenvalue weighted by Crippen LogP contribution is 2.15. The quantitative estimate of drug-likeness (QED) is 0.772. The average Bonchev–Trinajstić information content (AvgIpc) is 2.52. The van der Waals surface area contributed by atoms with Crippen molar-refractivity contribution in [3.8, 4) is 0 Å². The molecule has 2 aromatic carbocycles. The molecule has 23 heavy (non-hydrogen) atoms. The Morgan fingerprint density at radius 2 is 1.78 bits per heavy atom. The van der Waals surface area contributed by atoms with Gasteiger partial charge in [-0.2, -0.15) is 11.8 Å². The van der Waals surface area contributed by atoms with Crippen molar-refractivity contribution >= 4 is 17.7 Å². The Labute approximate surface area is 143 Å². The van der Waals surface area contributed by atoms with Crippen LogP contribution in [-0.2, 0) is 17.0 Å². The van der Waals surface area contributed by atoms with E-state index in [9.17, 15) is 4.79 Å². The minimum absolute atomic E-state index is 0.102. The molecule has 122 valence electrons. The number of rotatable bonds is 7. The molecule has 0 aliphatic carbocycles. The van der Waals surface area contributed by atoms with Crippen molar-refractivity contribution in [2.45, 2.75) is 32.9 Å². The third-order valence-electron chi connectivity index (χ3n) is 4.02. The summed E-state index contributed by atoms with van der Waals surface area (Å²) >= 11 is 1.86. The second kappa shape index (κ2) is 8.78. The molecule has 0 saturated heterocycles. The first kappa shape index (κ1) is 17.6. The molecule has 0 heterocycles. The normalized spacial score (nSPS) is 10.6. The lowest BCUT2D eigenvalue weighted by atomic mass is 10.0. The van der Waals surface area contributed by atoms with Gasteiger partial charge in [0.1, 0.15) is 0 Å². The number of thioether (sulfide) groups is 1. The largest absolute Gasteiger partial charge is 0.355 e. The molecule has 3 heteroatoms. The molecule has 0 saturated carbocycles. The van der Waals surface area contributed by atoms with Crippen molar-refractivity contribution < 1.29 is 4.79 Å². The van der Waals surface area contributed by atoms with E-state index in [0.29, 0.717) is 6.42 Å². The topological polar surface area (TPSA) is 29.1 Å². The second-order valence-electron chi connectivity index (χ2n) is 5.92. The van der Waals surface area contributed by atoms with Crippen LogP contribution < -0.4 is 5.32 Å². The molecule has 2 aromatic rings. The molecular formula is C20H25NOS. The average molecular weight is 327 g/mol. The summed E-state index contributed by atoms with van der Waals surface area (Å²) in [4.78, 5) is 12.0. The van der Waals surface area contributed by atoms with E-state index in [0.717, 1.165) is 23.6 Å². The number of benzene rings is 2. The summed E-state index contributed by atoms with van der Waals surface area (Å²) in [6.07, 6.45) is 0.462. The lowest BCUT2D eigenvalue weighted by Gasteiger charge is -2.08. The number of nitrogens with one attached hydrogen (secondary N) is 1. The molecular weight excluding hydrogens is 302 g/mol. The fraction of sp³-hybridized carbons (Fsp3) is 0.350. The molecule has 2 rings (SSSR count). The van der Waals surface area contributed by atoms with Gasteiger partial charge in [0.25, 0.3) is 0 Å². The molecule has 0 unspecified atom stereocenters. The van der Waals surface area contributed by atoms with Crippen molar-refractivity contribution in [2.24, 2.45) is 0 Å². The van der Waals surface area contributed by atoms with Gasteiger partial charge in [0, 0.05) is 18.1 Å². The highest BCUT2D eigenvalue weighted by molar-refractivity contribution is 7.98. The molecule has 0 bridgehead atoms. The van der Waals surface area contributed by atoms with E-state index in [2.05, 4.69) is 62.5 Å². The van der Waals surface area contributed by atoms with Crippen LogP contribution in [0.2, 0.25) is 0 Å². The maximum absolute atomic E-state index is 12.0. The van der Waals surface area contributed by atoms with E-state index < -0.39 is 0 Å². The van der Waals surface area contributed by atoms with Gasteiger partial charge in [-0.25, -0.2) is 0 Å². The summed E-state index contributed by atoms with van der Waals surface area (Å²) in [6.45, 7) is 7.03. The van der Waals surface area contributed by atoms with Gasteiger partial charge in [0.2, 0.25) is 5.91 Å². The zero-order valence-corrected chi connectivity index (χ0v) is 15.0. The van der Waals surface area contributed by atoms with Crippen molar-refractivity contribution in [2.75, 3.05) is 12.3 Å². The van der Waals surface area contributed by atoms with E-state index in [-0.39, 0.29) is 5.91 Å². The van der Waals surface area contributed by atoms with Gasteiger partial charge in [0.15, 0.2) is 0 Å². The predicted molar refractivity (Wildman–Crippen MR) is 100.0 cm³/mol. The molecule has 0 fully saturated rings. The number of aryl methyl sites for hydroxylation is 3. The Bertz CT molecular complexity index is 666. The summed E-state index contributed by atoms with van der Waals surface area (Å²) < 4.78 is 0. The maximum atomic E-state index is 12.0. The second-order valence-corrected chi connectivity index (χ2v) is 7.03. The Hall–Kier alpha value is -1.74. The van der Waals surface area contributed by atoms with Crippen LogP contribution >= 0.6 is 11.8 Å². The molecule has 1 N–H and O–H groups in total. The van der Waals surface area contributed by atoms with Crippen LogP contribution in [0.15, 0.2) is 42.5 Å². The third kappa shape index (κ3) is 5.76. The minimum Gasteiger partial charge on any atom is -0.355 e. The smallest absolute Gasteiger partial charge is 0.224 e. The number of carbonyl (C=O) groups is 1. The Morgan fingerprint density at radius 3 is 2.52 bits per heavy atom. The van der Waals surface area contributed by atoms with E-state index in [1.54, 1.807) is 0 Å². The molecule has 1 amide bonds. The van der Waals surface area contributed by atoms with Crippen molar-refractivity contribution in [3.05, 3.63) is 70.3 Å². The maximum Gasteiger partial charge on any atom is 0.224 e. The van der Waals surface area contributed by atoms with E-state index in [1.165, 1.54) is 22.3 Å². The first-order valence-corrected chi connectivity index (χ1v) is 9.17. The van der Waals surface area contributed by atoms with Crippen molar-refractivity contribution in [1.82, 2.24) is 5.32 Å².